The molecule has 1 fully saturated rings. The Hall–Kier alpha value is -0.530. The van der Waals surface area contributed by atoms with Gasteiger partial charge in [0.05, 0.1) is 5.71 Å². The van der Waals surface area contributed by atoms with E-state index in [1.165, 1.54) is 18.6 Å². The molecule has 0 unspecified atom stereocenters. The first-order chi connectivity index (χ1) is 5.14. The first kappa shape index (κ1) is 8.57. The quantitative estimate of drug-likeness (QED) is 0.533. The standard InChI is InChI=1S/C9H17NO/c1-9(2)6-4-5-8(7-9)10-11-3/h4-7H2,1-3H3/b10-8+. The summed E-state index contributed by atoms with van der Waals surface area (Å²) in [7, 11) is 1.62. The summed E-state index contributed by atoms with van der Waals surface area (Å²) in [5.74, 6) is 0. The van der Waals surface area contributed by atoms with Crippen molar-refractivity contribution in [2.24, 2.45) is 10.6 Å². The zero-order valence-corrected chi connectivity index (χ0v) is 7.68. The highest BCUT2D eigenvalue weighted by atomic mass is 16.6. The van der Waals surface area contributed by atoms with E-state index in [0.29, 0.717) is 5.41 Å². The van der Waals surface area contributed by atoms with E-state index in [9.17, 15) is 0 Å². The average Bonchev–Trinajstić information content (AvgIpc) is 1.85. The Morgan fingerprint density at radius 2 is 2.18 bits per heavy atom. The molecule has 1 aliphatic carbocycles. The molecular formula is C9H17NO. The number of nitrogens with zero attached hydrogens (tertiary/aromatic N) is 1. The third kappa shape index (κ3) is 2.52. The van der Waals surface area contributed by atoms with Crippen molar-refractivity contribution in [1.29, 1.82) is 0 Å². The highest BCUT2D eigenvalue weighted by Crippen LogP contribution is 2.33. The summed E-state index contributed by atoms with van der Waals surface area (Å²) >= 11 is 0. The van der Waals surface area contributed by atoms with Crippen molar-refractivity contribution >= 4 is 5.71 Å². The third-order valence-electron chi connectivity index (χ3n) is 2.22. The van der Waals surface area contributed by atoms with E-state index in [4.69, 9.17) is 4.84 Å². The lowest BCUT2D eigenvalue weighted by Gasteiger charge is -2.29. The van der Waals surface area contributed by atoms with E-state index < -0.39 is 0 Å². The normalized spacial score (nSPS) is 27.0. The minimum atomic E-state index is 0.440. The maximum absolute atomic E-state index is 4.76. The summed E-state index contributed by atoms with van der Waals surface area (Å²) in [5, 5.41) is 4.00. The lowest BCUT2D eigenvalue weighted by Crippen LogP contribution is -2.22. The van der Waals surface area contributed by atoms with Crippen molar-refractivity contribution in [3.8, 4) is 0 Å². The monoisotopic (exact) mass is 155 g/mol. The molecule has 64 valence electrons. The fourth-order valence-electron chi connectivity index (χ4n) is 1.71. The second-order valence-corrected chi connectivity index (χ2v) is 4.03. The molecule has 0 spiro atoms. The number of oxime groups is 1. The van der Waals surface area contributed by atoms with Crippen LogP contribution in [-0.4, -0.2) is 12.8 Å². The summed E-state index contributed by atoms with van der Waals surface area (Å²) in [6, 6.07) is 0. The van der Waals surface area contributed by atoms with Crippen LogP contribution in [0.5, 0.6) is 0 Å². The largest absolute Gasteiger partial charge is 0.399 e. The zero-order valence-electron chi connectivity index (χ0n) is 7.68. The van der Waals surface area contributed by atoms with Crippen molar-refractivity contribution in [2.75, 3.05) is 7.11 Å². The summed E-state index contributed by atoms with van der Waals surface area (Å²) in [5.41, 5.74) is 1.67. The molecule has 0 bridgehead atoms. The summed E-state index contributed by atoms with van der Waals surface area (Å²) in [6.07, 6.45) is 4.79. The van der Waals surface area contributed by atoms with Crippen molar-refractivity contribution in [2.45, 2.75) is 39.5 Å². The van der Waals surface area contributed by atoms with E-state index in [1.807, 2.05) is 0 Å². The Kier molecular flexibility index (Phi) is 2.53. The lowest BCUT2D eigenvalue weighted by molar-refractivity contribution is 0.205. The molecular weight excluding hydrogens is 138 g/mol. The summed E-state index contributed by atoms with van der Waals surface area (Å²) in [6.45, 7) is 4.58. The Morgan fingerprint density at radius 3 is 2.73 bits per heavy atom. The van der Waals surface area contributed by atoms with Crippen LogP contribution in [0.2, 0.25) is 0 Å². The van der Waals surface area contributed by atoms with Crippen LogP contribution >= 0.6 is 0 Å². The summed E-state index contributed by atoms with van der Waals surface area (Å²) < 4.78 is 0. The Bertz CT molecular complexity index is 161. The van der Waals surface area contributed by atoms with E-state index in [1.54, 1.807) is 7.11 Å². The molecule has 0 aromatic carbocycles. The van der Waals surface area contributed by atoms with E-state index in [0.717, 1.165) is 12.8 Å². The van der Waals surface area contributed by atoms with Gasteiger partial charge >= 0.3 is 0 Å². The van der Waals surface area contributed by atoms with Crippen LogP contribution in [0.15, 0.2) is 5.16 Å². The molecule has 0 aliphatic heterocycles. The lowest BCUT2D eigenvalue weighted by atomic mass is 9.77. The Morgan fingerprint density at radius 1 is 1.45 bits per heavy atom. The van der Waals surface area contributed by atoms with Gasteiger partial charge in [0.25, 0.3) is 0 Å². The summed E-state index contributed by atoms with van der Waals surface area (Å²) in [4.78, 5) is 4.76. The number of hydrogen-bond donors (Lipinski definition) is 0. The SMILES string of the molecule is CO/N=C1\CCCC(C)(C)C1. The van der Waals surface area contributed by atoms with Crippen molar-refractivity contribution in [3.05, 3.63) is 0 Å². The van der Waals surface area contributed by atoms with Crippen molar-refractivity contribution < 1.29 is 4.84 Å². The molecule has 0 aromatic heterocycles. The van der Waals surface area contributed by atoms with Gasteiger partial charge in [-0.3, -0.25) is 0 Å². The van der Waals surface area contributed by atoms with Gasteiger partial charge in [0.15, 0.2) is 0 Å². The second-order valence-electron chi connectivity index (χ2n) is 4.03. The molecule has 2 heteroatoms. The molecule has 0 N–H and O–H groups in total. The van der Waals surface area contributed by atoms with Crippen LogP contribution in [0.3, 0.4) is 0 Å². The molecule has 1 aliphatic rings. The van der Waals surface area contributed by atoms with Crippen molar-refractivity contribution in [3.63, 3.8) is 0 Å². The topological polar surface area (TPSA) is 21.6 Å². The van der Waals surface area contributed by atoms with Crippen LogP contribution in [0, 0.1) is 5.41 Å². The second kappa shape index (κ2) is 3.24. The Balaban J connectivity index is 2.53. The maximum atomic E-state index is 4.76. The van der Waals surface area contributed by atoms with Crippen molar-refractivity contribution in [1.82, 2.24) is 0 Å². The number of hydrogen-bond acceptors (Lipinski definition) is 2. The maximum Gasteiger partial charge on any atom is 0.106 e. The van der Waals surface area contributed by atoms with Gasteiger partial charge in [-0.05, 0) is 31.1 Å². The van der Waals surface area contributed by atoms with E-state index >= 15 is 0 Å². The van der Waals surface area contributed by atoms with Crippen LogP contribution in [-0.2, 0) is 4.84 Å². The van der Waals surface area contributed by atoms with Gasteiger partial charge in [0.1, 0.15) is 7.11 Å². The molecule has 0 amide bonds. The van der Waals surface area contributed by atoms with Gasteiger partial charge in [0.2, 0.25) is 0 Å². The molecule has 11 heavy (non-hydrogen) atoms. The molecule has 0 radical (unpaired) electrons. The van der Waals surface area contributed by atoms with Crippen LogP contribution < -0.4 is 0 Å². The van der Waals surface area contributed by atoms with Gasteiger partial charge in [0, 0.05) is 0 Å². The van der Waals surface area contributed by atoms with Gasteiger partial charge in [-0.15, -0.1) is 0 Å². The van der Waals surface area contributed by atoms with Gasteiger partial charge in [-0.1, -0.05) is 19.0 Å². The van der Waals surface area contributed by atoms with E-state index in [2.05, 4.69) is 19.0 Å². The highest BCUT2D eigenvalue weighted by molar-refractivity contribution is 5.85. The molecule has 0 aromatic rings. The first-order valence-corrected chi connectivity index (χ1v) is 4.23. The highest BCUT2D eigenvalue weighted by Gasteiger charge is 2.25. The Labute approximate surface area is 68.6 Å². The van der Waals surface area contributed by atoms with Gasteiger partial charge in [-0.2, -0.15) is 0 Å². The first-order valence-electron chi connectivity index (χ1n) is 4.23. The number of rotatable bonds is 1. The fraction of sp³-hybridized carbons (Fsp3) is 0.889. The predicted octanol–water partition coefficient (Wildman–Crippen LogP) is 2.59. The van der Waals surface area contributed by atoms with E-state index in [-0.39, 0.29) is 0 Å². The molecule has 2 nitrogen and oxygen atoms in total. The molecule has 0 saturated heterocycles. The smallest absolute Gasteiger partial charge is 0.106 e. The van der Waals surface area contributed by atoms with Gasteiger partial charge in [-0.25, -0.2) is 0 Å². The molecule has 0 atom stereocenters. The molecule has 1 saturated carbocycles. The minimum Gasteiger partial charge on any atom is -0.399 e. The zero-order chi connectivity index (χ0) is 8.32. The van der Waals surface area contributed by atoms with Crippen LogP contribution in [0.25, 0.3) is 0 Å². The minimum absolute atomic E-state index is 0.440. The predicted molar refractivity (Wildman–Crippen MR) is 46.7 cm³/mol. The fourth-order valence-corrected chi connectivity index (χ4v) is 1.71. The third-order valence-corrected chi connectivity index (χ3v) is 2.22. The van der Waals surface area contributed by atoms with Gasteiger partial charge < -0.3 is 4.84 Å². The van der Waals surface area contributed by atoms with Crippen LogP contribution in [0.4, 0.5) is 0 Å². The molecule has 1 rings (SSSR count). The van der Waals surface area contributed by atoms with Crippen LogP contribution in [0.1, 0.15) is 39.5 Å². The molecule has 0 heterocycles. The average molecular weight is 155 g/mol.